The third-order valence-corrected chi connectivity index (χ3v) is 4.84. The Labute approximate surface area is 155 Å². The molecule has 0 saturated carbocycles. The molecule has 2 aromatic rings. The number of anilines is 1. The molecule has 1 aliphatic heterocycles. The van der Waals surface area contributed by atoms with Crippen molar-refractivity contribution in [2.24, 2.45) is 0 Å². The largest absolute Gasteiger partial charge is 0.497 e. The zero-order valence-corrected chi connectivity index (χ0v) is 15.6. The van der Waals surface area contributed by atoms with Crippen LogP contribution in [0.15, 0.2) is 48.5 Å². The first-order chi connectivity index (χ1) is 12.7. The number of nitrogens with one attached hydrogen (secondary N) is 1. The van der Waals surface area contributed by atoms with Crippen LogP contribution in [0.4, 0.5) is 5.69 Å². The van der Waals surface area contributed by atoms with E-state index < -0.39 is 0 Å². The Morgan fingerprint density at radius 2 is 1.65 bits per heavy atom. The van der Waals surface area contributed by atoms with E-state index in [1.807, 2.05) is 43.3 Å². The molecule has 2 aromatic carbocycles. The summed E-state index contributed by atoms with van der Waals surface area (Å²) >= 11 is 0. The number of methoxy groups -OCH3 is 1. The summed E-state index contributed by atoms with van der Waals surface area (Å²) in [6.07, 6.45) is 0. The predicted octanol–water partition coefficient (Wildman–Crippen LogP) is 2.56. The zero-order chi connectivity index (χ0) is 18.4. The van der Waals surface area contributed by atoms with Gasteiger partial charge < -0.3 is 15.0 Å². The average molecular weight is 353 g/mol. The normalized spacial score (nSPS) is 14.9. The number of ether oxygens (including phenoxy) is 1. The third-order valence-electron chi connectivity index (χ3n) is 4.84. The van der Waals surface area contributed by atoms with Crippen molar-refractivity contribution in [3.05, 3.63) is 59.7 Å². The van der Waals surface area contributed by atoms with Gasteiger partial charge in [-0.3, -0.25) is 9.69 Å². The Morgan fingerprint density at radius 1 is 1.00 bits per heavy atom. The maximum atomic E-state index is 12.1. The molecule has 26 heavy (non-hydrogen) atoms. The van der Waals surface area contributed by atoms with Crippen molar-refractivity contribution in [1.82, 2.24) is 10.2 Å². The van der Waals surface area contributed by atoms with Gasteiger partial charge in [0.2, 0.25) is 0 Å². The molecule has 0 bridgehead atoms. The van der Waals surface area contributed by atoms with E-state index in [9.17, 15) is 4.79 Å². The standard InChI is InChI=1S/C21H27N3O2/c1-17-3-5-18(6-4-17)21(25)22-11-12-23-13-15-24(16-14-23)19-7-9-20(26-2)10-8-19/h3-10H,11-16H2,1-2H3,(H,22,25). The highest BCUT2D eigenvalue weighted by Crippen LogP contribution is 2.20. The number of nitrogens with zero attached hydrogens (tertiary/aromatic N) is 2. The molecule has 0 atom stereocenters. The minimum atomic E-state index is 0.00173. The van der Waals surface area contributed by atoms with Gasteiger partial charge in [-0.05, 0) is 43.3 Å². The summed E-state index contributed by atoms with van der Waals surface area (Å²) in [7, 11) is 1.69. The number of hydrogen-bond donors (Lipinski definition) is 1. The lowest BCUT2D eigenvalue weighted by atomic mass is 10.1. The number of rotatable bonds is 6. The minimum absolute atomic E-state index is 0.00173. The fourth-order valence-corrected chi connectivity index (χ4v) is 3.16. The van der Waals surface area contributed by atoms with Crippen LogP contribution >= 0.6 is 0 Å². The monoisotopic (exact) mass is 353 g/mol. The van der Waals surface area contributed by atoms with Crippen molar-refractivity contribution in [3.8, 4) is 5.75 Å². The molecule has 1 aliphatic rings. The van der Waals surface area contributed by atoms with Crippen LogP contribution in [0.5, 0.6) is 5.75 Å². The summed E-state index contributed by atoms with van der Waals surface area (Å²) in [5.74, 6) is 0.888. The summed E-state index contributed by atoms with van der Waals surface area (Å²) < 4.78 is 5.21. The van der Waals surface area contributed by atoms with Crippen molar-refractivity contribution in [3.63, 3.8) is 0 Å². The van der Waals surface area contributed by atoms with Gasteiger partial charge >= 0.3 is 0 Å². The van der Waals surface area contributed by atoms with E-state index in [-0.39, 0.29) is 5.91 Å². The number of hydrogen-bond acceptors (Lipinski definition) is 4. The van der Waals surface area contributed by atoms with E-state index >= 15 is 0 Å². The van der Waals surface area contributed by atoms with Crippen LogP contribution in [0, 0.1) is 6.92 Å². The lowest BCUT2D eigenvalue weighted by molar-refractivity contribution is 0.0948. The fraction of sp³-hybridized carbons (Fsp3) is 0.381. The number of piperazine rings is 1. The van der Waals surface area contributed by atoms with Crippen LogP contribution in [-0.4, -0.2) is 57.2 Å². The van der Waals surface area contributed by atoms with Crippen molar-refractivity contribution in [1.29, 1.82) is 0 Å². The molecule has 0 spiro atoms. The zero-order valence-electron chi connectivity index (χ0n) is 15.6. The summed E-state index contributed by atoms with van der Waals surface area (Å²) in [5, 5.41) is 3.01. The smallest absolute Gasteiger partial charge is 0.251 e. The highest BCUT2D eigenvalue weighted by Gasteiger charge is 2.17. The van der Waals surface area contributed by atoms with Gasteiger partial charge in [-0.15, -0.1) is 0 Å². The molecule has 5 heteroatoms. The molecule has 0 radical (unpaired) electrons. The van der Waals surface area contributed by atoms with Gasteiger partial charge in [-0.1, -0.05) is 17.7 Å². The quantitative estimate of drug-likeness (QED) is 0.867. The summed E-state index contributed by atoms with van der Waals surface area (Å²) in [6.45, 7) is 7.59. The Kier molecular flexibility index (Phi) is 6.12. The molecule has 3 rings (SSSR count). The molecule has 1 N–H and O–H groups in total. The maximum absolute atomic E-state index is 12.1. The average Bonchev–Trinajstić information content (AvgIpc) is 2.69. The highest BCUT2D eigenvalue weighted by atomic mass is 16.5. The van der Waals surface area contributed by atoms with Crippen LogP contribution in [0.3, 0.4) is 0 Å². The number of carbonyl (C=O) groups is 1. The van der Waals surface area contributed by atoms with Gasteiger partial charge in [0.1, 0.15) is 5.75 Å². The summed E-state index contributed by atoms with van der Waals surface area (Å²) in [6, 6.07) is 15.9. The van der Waals surface area contributed by atoms with E-state index in [1.165, 1.54) is 5.69 Å². The highest BCUT2D eigenvalue weighted by molar-refractivity contribution is 5.94. The van der Waals surface area contributed by atoms with Crippen molar-refractivity contribution >= 4 is 11.6 Å². The van der Waals surface area contributed by atoms with Gasteiger partial charge in [0.15, 0.2) is 0 Å². The summed E-state index contributed by atoms with van der Waals surface area (Å²) in [4.78, 5) is 16.9. The van der Waals surface area contributed by atoms with Gasteiger partial charge in [0.25, 0.3) is 5.91 Å². The SMILES string of the molecule is COc1ccc(N2CCN(CCNC(=O)c3ccc(C)cc3)CC2)cc1. The van der Waals surface area contributed by atoms with Crippen LogP contribution in [0.1, 0.15) is 15.9 Å². The van der Waals surface area contributed by atoms with Gasteiger partial charge in [-0.2, -0.15) is 0 Å². The molecule has 5 nitrogen and oxygen atoms in total. The fourth-order valence-electron chi connectivity index (χ4n) is 3.16. The molecule has 138 valence electrons. The lowest BCUT2D eigenvalue weighted by Gasteiger charge is -2.36. The molecule has 0 unspecified atom stereocenters. The van der Waals surface area contributed by atoms with E-state index in [0.29, 0.717) is 6.54 Å². The molecule has 1 fully saturated rings. The van der Waals surface area contributed by atoms with Crippen LogP contribution in [-0.2, 0) is 0 Å². The molecular formula is C21H27N3O2. The van der Waals surface area contributed by atoms with Crippen molar-refractivity contribution in [2.75, 3.05) is 51.3 Å². The molecule has 0 aromatic heterocycles. The number of carbonyl (C=O) groups excluding carboxylic acids is 1. The number of amides is 1. The van der Waals surface area contributed by atoms with Crippen LogP contribution < -0.4 is 15.0 Å². The van der Waals surface area contributed by atoms with Crippen molar-refractivity contribution in [2.45, 2.75) is 6.92 Å². The Morgan fingerprint density at radius 3 is 2.27 bits per heavy atom. The predicted molar refractivity (Wildman–Crippen MR) is 105 cm³/mol. The first-order valence-corrected chi connectivity index (χ1v) is 9.12. The maximum Gasteiger partial charge on any atom is 0.251 e. The van der Waals surface area contributed by atoms with E-state index in [1.54, 1.807) is 7.11 Å². The second-order valence-electron chi connectivity index (χ2n) is 6.65. The Balaban J connectivity index is 1.39. The first kappa shape index (κ1) is 18.3. The van der Waals surface area contributed by atoms with Gasteiger partial charge in [0.05, 0.1) is 7.11 Å². The third kappa shape index (κ3) is 4.76. The number of aryl methyl sites for hydroxylation is 1. The Bertz CT molecular complexity index is 705. The second-order valence-corrected chi connectivity index (χ2v) is 6.65. The molecular weight excluding hydrogens is 326 g/mol. The molecule has 1 saturated heterocycles. The van der Waals surface area contributed by atoms with Crippen LogP contribution in [0.2, 0.25) is 0 Å². The van der Waals surface area contributed by atoms with Gasteiger partial charge in [-0.25, -0.2) is 0 Å². The van der Waals surface area contributed by atoms with Crippen LogP contribution in [0.25, 0.3) is 0 Å². The first-order valence-electron chi connectivity index (χ1n) is 9.12. The minimum Gasteiger partial charge on any atom is -0.497 e. The molecule has 1 amide bonds. The van der Waals surface area contributed by atoms with E-state index in [4.69, 9.17) is 4.74 Å². The molecule has 0 aliphatic carbocycles. The van der Waals surface area contributed by atoms with E-state index in [0.717, 1.165) is 49.6 Å². The summed E-state index contributed by atoms with van der Waals surface area (Å²) in [5.41, 5.74) is 3.12. The molecule has 1 heterocycles. The Hall–Kier alpha value is -2.53. The van der Waals surface area contributed by atoms with Gasteiger partial charge in [0, 0.05) is 50.5 Å². The van der Waals surface area contributed by atoms with E-state index in [2.05, 4.69) is 27.2 Å². The second kappa shape index (κ2) is 8.72. The van der Waals surface area contributed by atoms with Crippen molar-refractivity contribution < 1.29 is 9.53 Å². The topological polar surface area (TPSA) is 44.8 Å². The number of benzene rings is 2. The lowest BCUT2D eigenvalue weighted by Crippen LogP contribution is -2.48.